The summed E-state index contributed by atoms with van der Waals surface area (Å²) in [6.45, 7) is 4.08. The van der Waals surface area contributed by atoms with Gasteiger partial charge in [0.25, 0.3) is 0 Å². The second-order valence-corrected chi connectivity index (χ2v) is 8.53. The molecule has 0 atom stereocenters. The molecule has 1 aliphatic rings. The van der Waals surface area contributed by atoms with Crippen molar-refractivity contribution in [2.45, 2.75) is 18.0 Å². The van der Waals surface area contributed by atoms with Gasteiger partial charge in [0.2, 0.25) is 0 Å². The van der Waals surface area contributed by atoms with Crippen LogP contribution in [0.3, 0.4) is 0 Å². The Kier molecular flexibility index (Phi) is 7.57. The van der Waals surface area contributed by atoms with Gasteiger partial charge in [-0.25, -0.2) is 9.78 Å². The molecule has 1 amide bonds. The van der Waals surface area contributed by atoms with E-state index in [1.165, 1.54) is 11.1 Å². The predicted molar refractivity (Wildman–Crippen MR) is 121 cm³/mol. The molecule has 4 rings (SSSR count). The third-order valence-corrected chi connectivity index (χ3v) is 6.21. The van der Waals surface area contributed by atoms with Crippen LogP contribution in [0.15, 0.2) is 66.3 Å². The van der Waals surface area contributed by atoms with Gasteiger partial charge in [-0.3, -0.25) is 9.88 Å². The fraction of sp³-hybridized carbons (Fsp3) is 0.348. The van der Waals surface area contributed by atoms with Crippen molar-refractivity contribution >= 4 is 17.9 Å². The van der Waals surface area contributed by atoms with Gasteiger partial charge in [0.05, 0.1) is 0 Å². The molecule has 0 saturated carbocycles. The Labute approximate surface area is 186 Å². The van der Waals surface area contributed by atoms with Crippen LogP contribution in [0, 0.1) is 0 Å². The first kappa shape index (κ1) is 21.4. The zero-order chi connectivity index (χ0) is 21.3. The maximum atomic E-state index is 12.5. The van der Waals surface area contributed by atoms with E-state index >= 15 is 0 Å². The van der Waals surface area contributed by atoms with E-state index in [1.54, 1.807) is 29.1 Å². The molecule has 3 aromatic rings. The van der Waals surface area contributed by atoms with Crippen molar-refractivity contribution in [3.05, 3.63) is 72.3 Å². The minimum absolute atomic E-state index is 0.270. The zero-order valence-electron chi connectivity index (χ0n) is 17.4. The maximum absolute atomic E-state index is 12.5. The number of imidazole rings is 1. The lowest BCUT2D eigenvalue weighted by atomic mass is 10.2. The number of ether oxygens (including phenoxy) is 1. The molecule has 3 heterocycles. The van der Waals surface area contributed by atoms with Crippen molar-refractivity contribution in [1.29, 1.82) is 0 Å². The summed E-state index contributed by atoms with van der Waals surface area (Å²) in [5, 5.41) is 0.933. The van der Waals surface area contributed by atoms with Crippen molar-refractivity contribution < 1.29 is 9.53 Å². The molecule has 31 heavy (non-hydrogen) atoms. The molecule has 0 radical (unpaired) electrons. The predicted octanol–water partition coefficient (Wildman–Crippen LogP) is 3.50. The van der Waals surface area contributed by atoms with Crippen LogP contribution < -0.4 is 4.74 Å². The summed E-state index contributed by atoms with van der Waals surface area (Å²) >= 11 is 1.69. The molecule has 162 valence electrons. The average Bonchev–Trinajstić information content (AvgIpc) is 3.33. The van der Waals surface area contributed by atoms with Gasteiger partial charge >= 0.3 is 6.09 Å². The summed E-state index contributed by atoms with van der Waals surface area (Å²) < 4.78 is 5.58. The van der Waals surface area contributed by atoms with E-state index in [0.717, 1.165) is 43.4 Å². The Balaban J connectivity index is 1.16. The molecule has 7 nitrogen and oxygen atoms in total. The molecule has 0 aliphatic carbocycles. The Morgan fingerprint density at radius 2 is 1.87 bits per heavy atom. The normalized spacial score (nSPS) is 14.5. The minimum atomic E-state index is -0.270. The molecule has 0 bridgehead atoms. The highest BCUT2D eigenvalue weighted by atomic mass is 32.2. The summed E-state index contributed by atoms with van der Waals surface area (Å²) in [6.07, 6.45) is 8.93. The fourth-order valence-corrected chi connectivity index (χ4v) is 4.29. The summed E-state index contributed by atoms with van der Waals surface area (Å²) in [5.41, 5.74) is 2.45. The van der Waals surface area contributed by atoms with Crippen LogP contribution in [0.25, 0.3) is 0 Å². The highest BCUT2D eigenvalue weighted by Crippen LogP contribution is 2.18. The topological polar surface area (TPSA) is 74.3 Å². The first-order chi connectivity index (χ1) is 15.3. The number of carbonyl (C=O) groups excluding carboxylic acids is 1. The molecule has 0 unspecified atom stereocenters. The van der Waals surface area contributed by atoms with E-state index in [0.29, 0.717) is 18.8 Å². The molecule has 0 spiro atoms. The van der Waals surface area contributed by atoms with E-state index in [-0.39, 0.29) is 6.09 Å². The second-order valence-electron chi connectivity index (χ2n) is 7.44. The number of aromatic amines is 1. The number of piperazine rings is 1. The molecule has 1 saturated heterocycles. The van der Waals surface area contributed by atoms with E-state index in [9.17, 15) is 4.79 Å². The maximum Gasteiger partial charge on any atom is 0.415 e. The van der Waals surface area contributed by atoms with Crippen LogP contribution in [0.1, 0.15) is 11.1 Å². The molecular weight excluding hydrogens is 410 g/mol. The zero-order valence-corrected chi connectivity index (χ0v) is 18.3. The standard InChI is InChI=1S/C23H27N5O2S/c29-23(28-15-13-27(14-16-28)12-7-20-2-1-9-24-18-20)30-21-5-3-19(4-6-21)8-17-31-22-25-10-11-26-22/h1-6,9-11,18H,7-8,12-17H2,(H,25,26). The molecule has 1 aliphatic heterocycles. The Morgan fingerprint density at radius 3 is 2.58 bits per heavy atom. The van der Waals surface area contributed by atoms with Gasteiger partial charge in [0.15, 0.2) is 5.16 Å². The SMILES string of the molecule is O=C(Oc1ccc(CCSc2ncc[nH]2)cc1)N1CCN(CCc2cccnc2)CC1. The van der Waals surface area contributed by atoms with E-state index < -0.39 is 0 Å². The van der Waals surface area contributed by atoms with Gasteiger partial charge in [-0.15, -0.1) is 0 Å². The van der Waals surface area contributed by atoms with Crippen LogP contribution in [0.4, 0.5) is 4.79 Å². The van der Waals surface area contributed by atoms with Gasteiger partial charge in [-0.05, 0) is 42.2 Å². The van der Waals surface area contributed by atoms with Gasteiger partial charge < -0.3 is 14.6 Å². The number of nitrogens with one attached hydrogen (secondary N) is 1. The first-order valence-electron chi connectivity index (χ1n) is 10.6. The Morgan fingerprint density at radius 1 is 1.03 bits per heavy atom. The molecule has 8 heteroatoms. The van der Waals surface area contributed by atoms with Crippen LogP contribution in [-0.2, 0) is 12.8 Å². The Hall–Kier alpha value is -2.84. The summed E-state index contributed by atoms with van der Waals surface area (Å²) in [5.74, 6) is 1.53. The van der Waals surface area contributed by atoms with Crippen molar-refractivity contribution in [1.82, 2.24) is 24.8 Å². The molecule has 1 N–H and O–H groups in total. The van der Waals surface area contributed by atoms with E-state index in [4.69, 9.17) is 4.74 Å². The first-order valence-corrected chi connectivity index (χ1v) is 11.5. The number of nitrogens with zero attached hydrogens (tertiary/aromatic N) is 4. The lowest BCUT2D eigenvalue weighted by Gasteiger charge is -2.34. The number of carbonyl (C=O) groups is 1. The number of benzene rings is 1. The molecule has 1 aromatic carbocycles. The monoisotopic (exact) mass is 437 g/mol. The minimum Gasteiger partial charge on any atom is -0.410 e. The summed E-state index contributed by atoms with van der Waals surface area (Å²) in [6, 6.07) is 11.8. The van der Waals surface area contributed by atoms with Gasteiger partial charge in [-0.2, -0.15) is 0 Å². The number of H-pyrrole nitrogens is 1. The smallest absolute Gasteiger partial charge is 0.410 e. The van der Waals surface area contributed by atoms with Crippen LogP contribution >= 0.6 is 11.8 Å². The van der Waals surface area contributed by atoms with Crippen LogP contribution in [0.2, 0.25) is 0 Å². The van der Waals surface area contributed by atoms with Crippen molar-refractivity contribution in [3.63, 3.8) is 0 Å². The number of amides is 1. The second kappa shape index (κ2) is 11.0. The van der Waals surface area contributed by atoms with Crippen LogP contribution in [0.5, 0.6) is 5.75 Å². The van der Waals surface area contributed by atoms with Crippen molar-refractivity contribution in [2.75, 3.05) is 38.5 Å². The van der Waals surface area contributed by atoms with Crippen LogP contribution in [-0.4, -0.2) is 69.3 Å². The number of hydrogen-bond acceptors (Lipinski definition) is 6. The van der Waals surface area contributed by atoms with E-state index in [2.05, 4.69) is 25.9 Å². The lowest BCUT2D eigenvalue weighted by molar-refractivity contribution is 0.111. The Bertz CT molecular complexity index is 926. The molecular formula is C23H27N5O2S. The van der Waals surface area contributed by atoms with Gasteiger partial charge in [-0.1, -0.05) is 30.0 Å². The number of aryl methyl sites for hydroxylation is 1. The van der Waals surface area contributed by atoms with Gasteiger partial charge in [0, 0.05) is 63.3 Å². The van der Waals surface area contributed by atoms with Gasteiger partial charge in [0.1, 0.15) is 5.75 Å². The summed E-state index contributed by atoms with van der Waals surface area (Å²) in [7, 11) is 0. The largest absolute Gasteiger partial charge is 0.415 e. The number of hydrogen-bond donors (Lipinski definition) is 1. The van der Waals surface area contributed by atoms with E-state index in [1.807, 2.05) is 42.7 Å². The number of thioether (sulfide) groups is 1. The third kappa shape index (κ3) is 6.57. The summed E-state index contributed by atoms with van der Waals surface area (Å²) in [4.78, 5) is 28.1. The number of aromatic nitrogens is 3. The lowest BCUT2D eigenvalue weighted by Crippen LogP contribution is -2.49. The fourth-order valence-electron chi connectivity index (χ4n) is 3.47. The highest BCUT2D eigenvalue weighted by molar-refractivity contribution is 7.99. The van der Waals surface area contributed by atoms with Crippen molar-refractivity contribution in [2.24, 2.45) is 0 Å². The average molecular weight is 438 g/mol. The third-order valence-electron chi connectivity index (χ3n) is 5.30. The molecule has 1 fully saturated rings. The van der Waals surface area contributed by atoms with Crippen molar-refractivity contribution in [3.8, 4) is 5.75 Å². The molecule has 2 aromatic heterocycles. The quantitative estimate of drug-likeness (QED) is 0.544. The number of pyridine rings is 1. The number of rotatable bonds is 8. The highest BCUT2D eigenvalue weighted by Gasteiger charge is 2.22.